The van der Waals surface area contributed by atoms with E-state index in [0.717, 1.165) is 11.1 Å². The molecular weight excluding hydrogens is 272 g/mol. The van der Waals surface area contributed by atoms with Crippen LogP contribution in [-0.4, -0.2) is 10.1 Å². The number of aromatic nitrogens is 1. The molecule has 3 nitrogen and oxygen atoms in total. The minimum Gasteiger partial charge on any atom is -0.392 e. The fraction of sp³-hybridized carbons (Fsp3) is 0.263. The number of hydrogen-bond acceptors (Lipinski definition) is 2. The molecule has 0 bridgehead atoms. The molecular formula is C19H20N2O. The first-order valence-electron chi connectivity index (χ1n) is 7.68. The van der Waals surface area contributed by atoms with E-state index in [1.807, 2.05) is 12.1 Å². The van der Waals surface area contributed by atoms with E-state index in [2.05, 4.69) is 60.7 Å². The predicted octanol–water partition coefficient (Wildman–Crippen LogP) is 4.10. The Morgan fingerprint density at radius 3 is 2.68 bits per heavy atom. The lowest BCUT2D eigenvalue weighted by atomic mass is 9.78. The van der Waals surface area contributed by atoms with Crippen LogP contribution in [0.25, 0.3) is 10.9 Å². The number of fused-ring (bicyclic) bond motifs is 2. The average molecular weight is 292 g/mol. The molecule has 1 atom stereocenters. The largest absolute Gasteiger partial charge is 0.392 e. The van der Waals surface area contributed by atoms with Crippen LogP contribution in [0.15, 0.2) is 48.7 Å². The molecule has 1 unspecified atom stereocenters. The summed E-state index contributed by atoms with van der Waals surface area (Å²) in [5.74, 6) is 0. The summed E-state index contributed by atoms with van der Waals surface area (Å²) in [6, 6.07) is 14.8. The maximum absolute atomic E-state index is 9.52. The van der Waals surface area contributed by atoms with Crippen molar-refractivity contribution in [2.45, 2.75) is 31.9 Å². The highest BCUT2D eigenvalue weighted by Gasteiger charge is 2.40. The Balaban J connectivity index is 1.88. The van der Waals surface area contributed by atoms with Gasteiger partial charge in [-0.3, -0.25) is 0 Å². The van der Waals surface area contributed by atoms with Gasteiger partial charge in [0.2, 0.25) is 0 Å². The van der Waals surface area contributed by atoms with Gasteiger partial charge in [-0.25, -0.2) is 0 Å². The molecule has 3 heteroatoms. The first-order chi connectivity index (χ1) is 10.6. The van der Waals surface area contributed by atoms with Gasteiger partial charge in [-0.05, 0) is 11.6 Å². The molecule has 0 radical (unpaired) electrons. The second-order valence-corrected chi connectivity index (χ2v) is 6.59. The molecule has 0 saturated carbocycles. The molecule has 0 aliphatic carbocycles. The van der Waals surface area contributed by atoms with Crippen molar-refractivity contribution in [3.63, 3.8) is 0 Å². The van der Waals surface area contributed by atoms with Gasteiger partial charge in [0, 0.05) is 33.8 Å². The summed E-state index contributed by atoms with van der Waals surface area (Å²) in [5.41, 5.74) is 5.82. The minimum absolute atomic E-state index is 0.0148. The van der Waals surface area contributed by atoms with Crippen molar-refractivity contribution in [1.82, 2.24) is 4.98 Å². The van der Waals surface area contributed by atoms with Crippen molar-refractivity contribution < 1.29 is 5.11 Å². The second-order valence-electron chi connectivity index (χ2n) is 6.59. The SMILES string of the molecule is CC1(C)c2ccccc2NC1c1c[nH]c2c(CO)cccc12. The third-order valence-corrected chi connectivity index (χ3v) is 4.96. The van der Waals surface area contributed by atoms with Crippen molar-refractivity contribution in [3.05, 3.63) is 65.4 Å². The van der Waals surface area contributed by atoms with Crippen molar-refractivity contribution in [2.24, 2.45) is 0 Å². The van der Waals surface area contributed by atoms with Gasteiger partial charge in [0.05, 0.1) is 18.2 Å². The number of para-hydroxylation sites is 2. The van der Waals surface area contributed by atoms with Crippen LogP contribution in [-0.2, 0) is 12.0 Å². The maximum Gasteiger partial charge on any atom is 0.0702 e. The molecule has 0 fully saturated rings. The van der Waals surface area contributed by atoms with Crippen LogP contribution in [0.2, 0.25) is 0 Å². The molecule has 0 spiro atoms. The number of hydrogen-bond donors (Lipinski definition) is 3. The highest BCUT2D eigenvalue weighted by molar-refractivity contribution is 5.87. The van der Waals surface area contributed by atoms with E-state index in [-0.39, 0.29) is 18.1 Å². The van der Waals surface area contributed by atoms with E-state index >= 15 is 0 Å². The quantitative estimate of drug-likeness (QED) is 0.666. The van der Waals surface area contributed by atoms with Gasteiger partial charge in [-0.1, -0.05) is 50.2 Å². The highest BCUT2D eigenvalue weighted by Crippen LogP contribution is 2.49. The van der Waals surface area contributed by atoms with E-state index in [1.165, 1.54) is 22.2 Å². The number of H-pyrrole nitrogens is 1. The number of anilines is 1. The molecule has 3 aromatic rings. The van der Waals surface area contributed by atoms with Crippen LogP contribution in [0.4, 0.5) is 5.69 Å². The van der Waals surface area contributed by atoms with Gasteiger partial charge in [0.25, 0.3) is 0 Å². The van der Waals surface area contributed by atoms with Crippen molar-refractivity contribution in [1.29, 1.82) is 0 Å². The Labute approximate surface area is 130 Å². The average Bonchev–Trinajstić information content (AvgIpc) is 3.06. The first kappa shape index (κ1) is 13.4. The molecule has 112 valence electrons. The van der Waals surface area contributed by atoms with Crippen molar-refractivity contribution >= 4 is 16.6 Å². The van der Waals surface area contributed by atoms with Crippen LogP contribution in [0.1, 0.15) is 36.6 Å². The van der Waals surface area contributed by atoms with Gasteiger partial charge >= 0.3 is 0 Å². The smallest absolute Gasteiger partial charge is 0.0702 e. The summed E-state index contributed by atoms with van der Waals surface area (Å²) in [6.45, 7) is 4.62. The van der Waals surface area contributed by atoms with Gasteiger partial charge in [0.15, 0.2) is 0 Å². The second kappa shape index (κ2) is 4.62. The topological polar surface area (TPSA) is 48.0 Å². The number of aromatic amines is 1. The summed E-state index contributed by atoms with van der Waals surface area (Å²) in [4.78, 5) is 3.35. The normalized spacial score (nSPS) is 19.1. The summed E-state index contributed by atoms with van der Waals surface area (Å²) in [6.07, 6.45) is 2.08. The van der Waals surface area contributed by atoms with E-state index in [4.69, 9.17) is 0 Å². The summed E-state index contributed by atoms with van der Waals surface area (Å²) in [5, 5.41) is 14.4. The van der Waals surface area contributed by atoms with Crippen molar-refractivity contribution in [3.8, 4) is 0 Å². The van der Waals surface area contributed by atoms with Crippen LogP contribution in [0.5, 0.6) is 0 Å². The minimum atomic E-state index is 0.0148. The number of aliphatic hydroxyl groups is 1. The van der Waals surface area contributed by atoms with E-state index in [0.29, 0.717) is 0 Å². The van der Waals surface area contributed by atoms with Gasteiger partial charge < -0.3 is 15.4 Å². The lowest BCUT2D eigenvalue weighted by Gasteiger charge is -2.27. The number of aliphatic hydroxyl groups excluding tert-OH is 1. The van der Waals surface area contributed by atoms with Crippen LogP contribution in [0.3, 0.4) is 0 Å². The van der Waals surface area contributed by atoms with Gasteiger partial charge in [0.1, 0.15) is 0 Å². The molecule has 1 aliphatic rings. The predicted molar refractivity (Wildman–Crippen MR) is 90.1 cm³/mol. The molecule has 0 amide bonds. The van der Waals surface area contributed by atoms with E-state index < -0.39 is 0 Å². The Bertz CT molecular complexity index is 848. The Morgan fingerprint density at radius 2 is 1.91 bits per heavy atom. The lowest BCUT2D eigenvalue weighted by molar-refractivity contribution is 0.283. The third-order valence-electron chi connectivity index (χ3n) is 4.96. The molecule has 1 aliphatic heterocycles. The van der Waals surface area contributed by atoms with Crippen LogP contribution in [0, 0.1) is 0 Å². The number of rotatable bonds is 2. The van der Waals surface area contributed by atoms with Gasteiger partial charge in [-0.15, -0.1) is 0 Å². The molecule has 3 N–H and O–H groups in total. The van der Waals surface area contributed by atoms with Crippen molar-refractivity contribution in [2.75, 3.05) is 5.32 Å². The zero-order chi connectivity index (χ0) is 15.3. The Kier molecular flexibility index (Phi) is 2.81. The molecule has 22 heavy (non-hydrogen) atoms. The third kappa shape index (κ3) is 1.72. The summed E-state index contributed by atoms with van der Waals surface area (Å²) >= 11 is 0. The Hall–Kier alpha value is -2.26. The van der Waals surface area contributed by atoms with Crippen LogP contribution < -0.4 is 5.32 Å². The zero-order valence-electron chi connectivity index (χ0n) is 12.9. The Morgan fingerprint density at radius 1 is 1.09 bits per heavy atom. The fourth-order valence-electron chi connectivity index (χ4n) is 3.74. The maximum atomic E-state index is 9.52. The molecule has 4 rings (SSSR count). The van der Waals surface area contributed by atoms with Crippen LogP contribution >= 0.6 is 0 Å². The molecule has 0 saturated heterocycles. The van der Waals surface area contributed by atoms with E-state index in [9.17, 15) is 5.11 Å². The van der Waals surface area contributed by atoms with Gasteiger partial charge in [-0.2, -0.15) is 0 Å². The molecule has 1 aromatic heterocycles. The lowest BCUT2D eigenvalue weighted by Crippen LogP contribution is -2.25. The summed E-state index contributed by atoms with van der Waals surface area (Å²) < 4.78 is 0. The molecule has 2 heterocycles. The standard InChI is InChI=1S/C19H20N2O/c1-19(2)15-8-3-4-9-16(15)21-18(19)14-10-20-17-12(11-22)6-5-7-13(14)17/h3-10,18,20-22H,11H2,1-2H3. The highest BCUT2D eigenvalue weighted by atomic mass is 16.3. The fourth-order valence-corrected chi connectivity index (χ4v) is 3.74. The number of benzene rings is 2. The summed E-state index contributed by atoms with van der Waals surface area (Å²) in [7, 11) is 0. The first-order valence-corrected chi connectivity index (χ1v) is 7.68. The molecule has 2 aromatic carbocycles. The van der Waals surface area contributed by atoms with E-state index in [1.54, 1.807) is 0 Å². The zero-order valence-corrected chi connectivity index (χ0v) is 12.9. The number of nitrogens with one attached hydrogen (secondary N) is 2. The monoisotopic (exact) mass is 292 g/mol.